The van der Waals surface area contributed by atoms with Crippen molar-refractivity contribution in [1.29, 1.82) is 0 Å². The molecule has 0 aliphatic heterocycles. The third-order valence-corrected chi connectivity index (χ3v) is 6.89. The number of hydrogen-bond donors (Lipinski definition) is 4. The van der Waals surface area contributed by atoms with Crippen molar-refractivity contribution in [2.24, 2.45) is 5.41 Å². The predicted octanol–water partition coefficient (Wildman–Crippen LogP) is 2.17. The summed E-state index contributed by atoms with van der Waals surface area (Å²) >= 11 is 0. The summed E-state index contributed by atoms with van der Waals surface area (Å²) in [4.78, 5) is 11.8. The molecule has 6 N–H and O–H groups in total. The van der Waals surface area contributed by atoms with Gasteiger partial charge in [0.2, 0.25) is 0 Å². The van der Waals surface area contributed by atoms with Gasteiger partial charge in [0.25, 0.3) is 16.0 Å². The third-order valence-electron chi connectivity index (χ3n) is 3.74. The first-order chi connectivity index (χ1) is 13.1. The van der Waals surface area contributed by atoms with Gasteiger partial charge in [-0.2, -0.15) is 8.42 Å². The van der Waals surface area contributed by atoms with Gasteiger partial charge in [-0.15, -0.1) is 0 Å². The lowest BCUT2D eigenvalue weighted by Gasteiger charge is -2.20. The number of nitrogen functional groups attached to an aromatic ring is 2. The maximum absolute atomic E-state index is 12.9. The third kappa shape index (κ3) is 5.68. The fraction of sp³-hybridized carbons (Fsp3) is 0.278. The van der Waals surface area contributed by atoms with Crippen LogP contribution in [-0.4, -0.2) is 33.0 Å². The van der Waals surface area contributed by atoms with Crippen molar-refractivity contribution < 1.29 is 26.2 Å². The molecule has 158 valence electrons. The summed E-state index contributed by atoms with van der Waals surface area (Å²) in [5, 5.41) is 2.39. The van der Waals surface area contributed by atoms with Crippen LogP contribution in [0.3, 0.4) is 0 Å². The van der Waals surface area contributed by atoms with Gasteiger partial charge in [-0.1, -0.05) is 20.8 Å². The molecule has 0 unspecified atom stereocenters. The summed E-state index contributed by atoms with van der Waals surface area (Å²) in [7, 11) is -8.57. The van der Waals surface area contributed by atoms with Crippen LogP contribution >= 0.6 is 0 Å². The van der Waals surface area contributed by atoms with E-state index in [1.165, 1.54) is 24.3 Å². The molecule has 0 aromatic heterocycles. The first-order valence-electron chi connectivity index (χ1n) is 8.41. The molecule has 11 heteroatoms. The van der Waals surface area contributed by atoms with Gasteiger partial charge in [-0.25, -0.2) is 8.42 Å². The molecular formula is C18H23N3O6S2. The number of nitrogens with one attached hydrogen (secondary N) is 1. The number of hydrogen-bond acceptors (Lipinski definition) is 7. The van der Waals surface area contributed by atoms with Crippen LogP contribution in [0.2, 0.25) is 0 Å². The van der Waals surface area contributed by atoms with Gasteiger partial charge in [0.05, 0.1) is 21.9 Å². The molecule has 0 saturated heterocycles. The number of rotatable bonds is 5. The van der Waals surface area contributed by atoms with Crippen molar-refractivity contribution >= 4 is 42.9 Å². The van der Waals surface area contributed by atoms with E-state index in [0.717, 1.165) is 12.1 Å². The largest absolute Gasteiger partial charge is 0.399 e. The lowest BCUT2D eigenvalue weighted by atomic mass is 10.0. The van der Waals surface area contributed by atoms with E-state index in [0.29, 0.717) is 0 Å². The zero-order valence-corrected chi connectivity index (χ0v) is 17.8. The van der Waals surface area contributed by atoms with E-state index in [9.17, 15) is 26.2 Å². The second-order valence-corrected chi connectivity index (χ2v) is 11.1. The van der Waals surface area contributed by atoms with Gasteiger partial charge in [0, 0.05) is 11.4 Å². The number of nitrogens with two attached hydrogens (primary N) is 2. The van der Waals surface area contributed by atoms with Gasteiger partial charge < -0.3 is 16.8 Å². The molecule has 0 spiro atoms. The van der Waals surface area contributed by atoms with Gasteiger partial charge in [0.1, 0.15) is 4.90 Å². The molecule has 1 amide bonds. The van der Waals surface area contributed by atoms with Gasteiger partial charge >= 0.3 is 0 Å². The minimum absolute atomic E-state index is 0.0232. The van der Waals surface area contributed by atoms with E-state index in [1.807, 2.05) is 0 Å². The fourth-order valence-corrected chi connectivity index (χ4v) is 5.47. The van der Waals surface area contributed by atoms with Crippen LogP contribution in [0.5, 0.6) is 0 Å². The molecule has 0 saturated carbocycles. The standard InChI is InChI=1S/C18H23N3O6S2/c1-18(2,3)10-28(23,24)16-9-12(20)5-7-14(16)21-17(22)13-6-4-11(19)8-15(13)29(25,26)27/h4-9H,10,19-20H2,1-3H3,(H,21,22)(H,25,26,27). The second kappa shape index (κ2) is 7.65. The van der Waals surface area contributed by atoms with E-state index in [-0.39, 0.29) is 27.7 Å². The van der Waals surface area contributed by atoms with Crippen LogP contribution in [0.15, 0.2) is 46.2 Å². The number of anilines is 3. The SMILES string of the molecule is CC(C)(C)CS(=O)(=O)c1cc(N)ccc1NC(=O)c1ccc(N)cc1S(=O)(=O)O. The molecule has 0 atom stereocenters. The molecule has 0 bridgehead atoms. The van der Waals surface area contributed by atoms with Crippen LogP contribution in [0.25, 0.3) is 0 Å². The number of sulfone groups is 1. The Kier molecular flexibility index (Phi) is 5.98. The van der Waals surface area contributed by atoms with E-state index in [4.69, 9.17) is 11.5 Å². The maximum atomic E-state index is 12.9. The first-order valence-corrected chi connectivity index (χ1v) is 11.5. The highest BCUT2D eigenvalue weighted by atomic mass is 32.2. The highest BCUT2D eigenvalue weighted by Gasteiger charge is 2.28. The summed E-state index contributed by atoms with van der Waals surface area (Å²) in [5.74, 6) is -1.14. The number of carbonyl (C=O) groups excluding carboxylic acids is 1. The molecule has 0 aliphatic rings. The molecule has 0 radical (unpaired) electrons. The lowest BCUT2D eigenvalue weighted by molar-refractivity contribution is 0.102. The van der Waals surface area contributed by atoms with Crippen molar-refractivity contribution in [1.82, 2.24) is 0 Å². The normalized spacial score (nSPS) is 12.6. The highest BCUT2D eigenvalue weighted by molar-refractivity contribution is 7.91. The first kappa shape index (κ1) is 22.7. The summed E-state index contributed by atoms with van der Waals surface area (Å²) in [6.45, 7) is 5.26. The van der Waals surface area contributed by atoms with E-state index < -0.39 is 41.7 Å². The van der Waals surface area contributed by atoms with E-state index in [2.05, 4.69) is 5.32 Å². The Bertz CT molecular complexity index is 1170. The minimum Gasteiger partial charge on any atom is -0.399 e. The summed E-state index contributed by atoms with van der Waals surface area (Å²) in [5.41, 5.74) is 10.5. The highest BCUT2D eigenvalue weighted by Crippen LogP contribution is 2.30. The molecule has 0 fully saturated rings. The Labute approximate surface area is 169 Å². The Morgan fingerprint density at radius 1 is 0.966 bits per heavy atom. The maximum Gasteiger partial charge on any atom is 0.295 e. The number of amides is 1. The summed E-state index contributed by atoms with van der Waals surface area (Å²) in [6, 6.07) is 7.28. The second-order valence-electron chi connectivity index (χ2n) is 7.76. The Morgan fingerprint density at radius 3 is 2.00 bits per heavy atom. The topological polar surface area (TPSA) is 170 Å². The van der Waals surface area contributed by atoms with Gasteiger partial charge in [-0.3, -0.25) is 9.35 Å². The van der Waals surface area contributed by atoms with Crippen LogP contribution in [0.1, 0.15) is 31.1 Å². The summed E-state index contributed by atoms with van der Waals surface area (Å²) in [6.07, 6.45) is 0. The van der Waals surface area contributed by atoms with Crippen molar-refractivity contribution in [3.8, 4) is 0 Å². The molecule has 2 rings (SSSR count). The van der Waals surface area contributed by atoms with Crippen molar-refractivity contribution in [3.05, 3.63) is 42.0 Å². The minimum atomic E-state index is -4.74. The molecule has 2 aromatic rings. The average molecular weight is 442 g/mol. The Hall–Kier alpha value is -2.63. The molecule has 0 heterocycles. The van der Waals surface area contributed by atoms with Crippen LogP contribution in [0, 0.1) is 5.41 Å². The van der Waals surface area contributed by atoms with Crippen molar-refractivity contribution in [3.63, 3.8) is 0 Å². The van der Waals surface area contributed by atoms with Gasteiger partial charge in [-0.05, 0) is 41.8 Å². The quantitative estimate of drug-likeness (QED) is 0.404. The lowest BCUT2D eigenvalue weighted by Crippen LogP contribution is -2.23. The zero-order valence-electron chi connectivity index (χ0n) is 16.1. The molecular weight excluding hydrogens is 418 g/mol. The molecule has 2 aromatic carbocycles. The Balaban J connectivity index is 2.53. The smallest absolute Gasteiger partial charge is 0.295 e. The predicted molar refractivity (Wildman–Crippen MR) is 111 cm³/mol. The zero-order chi connectivity index (χ0) is 22.2. The number of carbonyl (C=O) groups is 1. The molecule has 0 aliphatic carbocycles. The van der Waals surface area contributed by atoms with Crippen LogP contribution in [0.4, 0.5) is 17.1 Å². The van der Waals surface area contributed by atoms with E-state index in [1.54, 1.807) is 20.8 Å². The number of benzene rings is 2. The summed E-state index contributed by atoms with van der Waals surface area (Å²) < 4.78 is 58.3. The van der Waals surface area contributed by atoms with E-state index >= 15 is 0 Å². The van der Waals surface area contributed by atoms with Crippen LogP contribution < -0.4 is 16.8 Å². The van der Waals surface area contributed by atoms with Crippen LogP contribution in [-0.2, 0) is 20.0 Å². The van der Waals surface area contributed by atoms with Crippen molar-refractivity contribution in [2.75, 3.05) is 22.5 Å². The van der Waals surface area contributed by atoms with Gasteiger partial charge in [0.15, 0.2) is 9.84 Å². The Morgan fingerprint density at radius 2 is 1.48 bits per heavy atom. The molecule has 29 heavy (non-hydrogen) atoms. The fourth-order valence-electron chi connectivity index (χ4n) is 2.68. The van der Waals surface area contributed by atoms with Crippen molar-refractivity contribution in [2.45, 2.75) is 30.6 Å². The molecule has 9 nitrogen and oxygen atoms in total. The average Bonchev–Trinajstić information content (AvgIpc) is 2.53. The monoisotopic (exact) mass is 441 g/mol.